The second-order valence-corrected chi connectivity index (χ2v) is 7.38. The largest absolute Gasteiger partial charge is 0.508 e. The second-order valence-electron chi connectivity index (χ2n) is 7.38. The van der Waals surface area contributed by atoms with Crippen molar-refractivity contribution in [3.8, 4) is 28.6 Å². The van der Waals surface area contributed by atoms with Crippen molar-refractivity contribution in [1.29, 1.82) is 0 Å². The third-order valence-corrected chi connectivity index (χ3v) is 5.19. The molecule has 1 aromatic heterocycles. The predicted octanol–water partition coefficient (Wildman–Crippen LogP) is 0.231. The molecule has 11 heteroatoms. The first-order valence-corrected chi connectivity index (χ1v) is 9.74. The predicted molar refractivity (Wildman–Crippen MR) is 111 cm³/mol. The van der Waals surface area contributed by atoms with Gasteiger partial charge in [-0.15, -0.1) is 0 Å². The van der Waals surface area contributed by atoms with E-state index in [0.717, 1.165) is 13.2 Å². The molecule has 1 aliphatic rings. The van der Waals surface area contributed by atoms with E-state index >= 15 is 0 Å². The summed E-state index contributed by atoms with van der Waals surface area (Å²) < 4.78 is 21.0. The number of methoxy groups -OCH3 is 1. The number of hydrogen-bond acceptors (Lipinski definition) is 11. The fourth-order valence-electron chi connectivity index (χ4n) is 3.47. The molecule has 1 aliphatic heterocycles. The number of phenolic OH excluding ortho intramolecular Hbond substituents is 2. The fourth-order valence-corrected chi connectivity index (χ4v) is 3.47. The topological polar surface area (TPSA) is 176 Å². The lowest BCUT2D eigenvalue weighted by Gasteiger charge is -2.38. The summed E-state index contributed by atoms with van der Waals surface area (Å²) in [5, 5.41) is 49.9. The molecule has 1 fully saturated rings. The summed E-state index contributed by atoms with van der Waals surface area (Å²) in [7, 11) is 1.06. The highest BCUT2D eigenvalue weighted by Crippen LogP contribution is 2.33. The molecule has 33 heavy (non-hydrogen) atoms. The van der Waals surface area contributed by atoms with Crippen molar-refractivity contribution in [2.45, 2.75) is 30.7 Å². The van der Waals surface area contributed by atoms with Crippen LogP contribution in [0.15, 0.2) is 51.7 Å². The SMILES string of the molecule is COC(=O)[C@H]1O[C@@H](Oc2cc(O)c3c(=O)cc(-c4ccc(O)cc4)oc3c2)[C@H](O)[C@@H](O)[C@@H]1O. The molecule has 174 valence electrons. The summed E-state index contributed by atoms with van der Waals surface area (Å²) in [5.74, 6) is -1.42. The number of fused-ring (bicyclic) bond motifs is 1. The Morgan fingerprint density at radius 3 is 2.33 bits per heavy atom. The number of benzene rings is 2. The normalized spacial score (nSPS) is 25.0. The molecule has 1 saturated heterocycles. The van der Waals surface area contributed by atoms with Crippen LogP contribution < -0.4 is 10.2 Å². The van der Waals surface area contributed by atoms with Gasteiger partial charge in [-0.25, -0.2) is 4.79 Å². The van der Waals surface area contributed by atoms with Crippen LogP contribution >= 0.6 is 0 Å². The first kappa shape index (κ1) is 22.6. The van der Waals surface area contributed by atoms with Crippen LogP contribution in [0.2, 0.25) is 0 Å². The molecule has 0 saturated carbocycles. The second kappa shape index (κ2) is 8.71. The zero-order valence-electron chi connectivity index (χ0n) is 17.1. The van der Waals surface area contributed by atoms with E-state index in [0.29, 0.717) is 5.56 Å². The number of phenols is 2. The maximum absolute atomic E-state index is 12.6. The fraction of sp³-hybridized carbons (Fsp3) is 0.273. The molecule has 2 aromatic carbocycles. The van der Waals surface area contributed by atoms with E-state index in [1.807, 2.05) is 0 Å². The Kier molecular flexibility index (Phi) is 5.95. The highest BCUT2D eigenvalue weighted by atomic mass is 16.7. The lowest BCUT2D eigenvalue weighted by Crippen LogP contribution is -2.61. The molecule has 0 amide bonds. The summed E-state index contributed by atoms with van der Waals surface area (Å²) in [6.45, 7) is 0. The molecule has 0 spiro atoms. The van der Waals surface area contributed by atoms with Crippen molar-refractivity contribution < 1.29 is 49.0 Å². The summed E-state index contributed by atoms with van der Waals surface area (Å²) in [5.41, 5.74) is -0.112. The Morgan fingerprint density at radius 1 is 0.970 bits per heavy atom. The zero-order chi connectivity index (χ0) is 23.9. The monoisotopic (exact) mass is 460 g/mol. The van der Waals surface area contributed by atoms with Gasteiger partial charge in [0.25, 0.3) is 0 Å². The Labute approximate surface area is 185 Å². The number of aliphatic hydroxyl groups is 3. The Balaban J connectivity index is 1.70. The number of esters is 1. The minimum atomic E-state index is -1.79. The van der Waals surface area contributed by atoms with Crippen LogP contribution in [-0.4, -0.2) is 69.3 Å². The third-order valence-electron chi connectivity index (χ3n) is 5.19. The van der Waals surface area contributed by atoms with Gasteiger partial charge in [-0.2, -0.15) is 0 Å². The highest BCUT2D eigenvalue weighted by molar-refractivity contribution is 5.86. The van der Waals surface area contributed by atoms with Crippen LogP contribution in [0.4, 0.5) is 0 Å². The quantitative estimate of drug-likeness (QED) is 0.337. The van der Waals surface area contributed by atoms with Gasteiger partial charge in [-0.3, -0.25) is 4.79 Å². The molecule has 2 heterocycles. The Hall–Kier alpha value is -3.64. The minimum absolute atomic E-state index is 0.0267. The standard InChI is InChI=1S/C22H20O11/c1-30-21(29)20-18(27)17(26)19(28)22(33-20)31-11-6-12(24)16-13(25)8-14(32-15(16)7-11)9-2-4-10(23)5-3-9/h2-8,17-20,22-24,26-28H,1H3/t17-,18-,19+,20-,22+/m0/s1. The molecule has 5 atom stereocenters. The smallest absolute Gasteiger partial charge is 0.337 e. The van der Waals surface area contributed by atoms with E-state index in [1.54, 1.807) is 0 Å². The third kappa shape index (κ3) is 4.22. The number of rotatable bonds is 4. The van der Waals surface area contributed by atoms with Gasteiger partial charge in [-0.05, 0) is 24.3 Å². The molecule has 0 bridgehead atoms. The molecular weight excluding hydrogens is 440 g/mol. The molecule has 0 radical (unpaired) electrons. The van der Waals surface area contributed by atoms with Crippen LogP contribution in [0.5, 0.6) is 17.2 Å². The first-order valence-electron chi connectivity index (χ1n) is 9.74. The van der Waals surface area contributed by atoms with Crippen LogP contribution in [0.3, 0.4) is 0 Å². The molecule has 5 N–H and O–H groups in total. The van der Waals surface area contributed by atoms with E-state index < -0.39 is 47.9 Å². The van der Waals surface area contributed by atoms with Crippen molar-refractivity contribution in [3.05, 3.63) is 52.7 Å². The van der Waals surface area contributed by atoms with E-state index in [4.69, 9.17) is 13.9 Å². The first-order chi connectivity index (χ1) is 15.7. The van der Waals surface area contributed by atoms with E-state index in [-0.39, 0.29) is 28.2 Å². The molecule has 0 unspecified atom stereocenters. The van der Waals surface area contributed by atoms with Crippen LogP contribution in [0.25, 0.3) is 22.3 Å². The highest BCUT2D eigenvalue weighted by Gasteiger charge is 2.48. The summed E-state index contributed by atoms with van der Waals surface area (Å²) >= 11 is 0. The molecule has 4 rings (SSSR count). The molecule has 0 aliphatic carbocycles. The summed E-state index contributed by atoms with van der Waals surface area (Å²) in [4.78, 5) is 24.4. The van der Waals surface area contributed by atoms with E-state index in [1.165, 1.54) is 36.4 Å². The van der Waals surface area contributed by atoms with Gasteiger partial charge in [0, 0.05) is 23.8 Å². The Morgan fingerprint density at radius 2 is 1.67 bits per heavy atom. The van der Waals surface area contributed by atoms with E-state index in [9.17, 15) is 35.1 Å². The number of carbonyl (C=O) groups is 1. The lowest BCUT2D eigenvalue weighted by molar-refractivity contribution is -0.271. The van der Waals surface area contributed by atoms with Crippen molar-refractivity contribution in [1.82, 2.24) is 0 Å². The van der Waals surface area contributed by atoms with Crippen molar-refractivity contribution in [2.75, 3.05) is 7.11 Å². The van der Waals surface area contributed by atoms with Crippen LogP contribution in [0.1, 0.15) is 0 Å². The van der Waals surface area contributed by atoms with Crippen LogP contribution in [-0.2, 0) is 14.3 Å². The molecule has 11 nitrogen and oxygen atoms in total. The maximum Gasteiger partial charge on any atom is 0.337 e. The molecular formula is C22H20O11. The summed E-state index contributed by atoms with van der Waals surface area (Å²) in [6.07, 6.45) is -8.57. The van der Waals surface area contributed by atoms with Crippen LogP contribution in [0, 0.1) is 0 Å². The van der Waals surface area contributed by atoms with Crippen molar-refractivity contribution in [2.24, 2.45) is 0 Å². The number of aliphatic hydroxyl groups excluding tert-OH is 3. The average molecular weight is 460 g/mol. The maximum atomic E-state index is 12.6. The minimum Gasteiger partial charge on any atom is -0.508 e. The van der Waals surface area contributed by atoms with Gasteiger partial charge in [-0.1, -0.05) is 0 Å². The van der Waals surface area contributed by atoms with Gasteiger partial charge in [0.05, 0.1) is 7.11 Å². The summed E-state index contributed by atoms with van der Waals surface area (Å²) in [6, 6.07) is 9.39. The van der Waals surface area contributed by atoms with E-state index in [2.05, 4.69) is 4.74 Å². The van der Waals surface area contributed by atoms with Gasteiger partial charge in [0.1, 0.15) is 52.3 Å². The van der Waals surface area contributed by atoms with Gasteiger partial charge in [0.2, 0.25) is 6.29 Å². The van der Waals surface area contributed by atoms with Gasteiger partial charge < -0.3 is 44.2 Å². The molecule has 3 aromatic rings. The number of ether oxygens (including phenoxy) is 3. The number of aromatic hydroxyl groups is 2. The zero-order valence-corrected chi connectivity index (χ0v) is 17.1. The lowest BCUT2D eigenvalue weighted by atomic mass is 9.99. The van der Waals surface area contributed by atoms with Gasteiger partial charge >= 0.3 is 5.97 Å². The van der Waals surface area contributed by atoms with Crippen molar-refractivity contribution in [3.63, 3.8) is 0 Å². The Bertz CT molecular complexity index is 1230. The number of carbonyl (C=O) groups excluding carboxylic acids is 1. The van der Waals surface area contributed by atoms with Crippen molar-refractivity contribution >= 4 is 16.9 Å². The van der Waals surface area contributed by atoms with Gasteiger partial charge in [0.15, 0.2) is 11.5 Å². The number of hydrogen-bond donors (Lipinski definition) is 5. The average Bonchev–Trinajstić information content (AvgIpc) is 2.78.